The summed E-state index contributed by atoms with van der Waals surface area (Å²) >= 11 is 0. The highest BCUT2D eigenvalue weighted by Gasteiger charge is 2.16. The monoisotopic (exact) mass is 327 g/mol. The Morgan fingerprint density at radius 3 is 2.57 bits per heavy atom. The number of carbonyl (C=O) groups is 1. The maximum atomic E-state index is 11.6. The number of ether oxygens (including phenoxy) is 1. The molecule has 0 bridgehead atoms. The van der Waals surface area contributed by atoms with Gasteiger partial charge in [-0.05, 0) is 20.3 Å². The van der Waals surface area contributed by atoms with Crippen molar-refractivity contribution >= 4 is 11.9 Å². The van der Waals surface area contributed by atoms with Crippen LogP contribution in [0, 0.1) is 0 Å². The molecule has 1 aliphatic heterocycles. The summed E-state index contributed by atoms with van der Waals surface area (Å²) in [6.07, 6.45) is 1.42. The lowest BCUT2D eigenvalue weighted by atomic mass is 10.2. The lowest BCUT2D eigenvalue weighted by Crippen LogP contribution is -2.44. The van der Waals surface area contributed by atoms with Gasteiger partial charge in [0.1, 0.15) is 0 Å². The molecule has 3 N–H and O–H groups in total. The summed E-state index contributed by atoms with van der Waals surface area (Å²) in [4.78, 5) is 18.6. The molecule has 1 saturated heterocycles. The van der Waals surface area contributed by atoms with Gasteiger partial charge in [0.15, 0.2) is 5.96 Å². The summed E-state index contributed by atoms with van der Waals surface area (Å²) < 4.78 is 5.38. The molecule has 0 radical (unpaired) electrons. The Bertz CT molecular complexity index is 356. The van der Waals surface area contributed by atoms with Crippen LogP contribution in [0.15, 0.2) is 4.99 Å². The van der Waals surface area contributed by atoms with E-state index in [1.165, 1.54) is 0 Å². The fourth-order valence-corrected chi connectivity index (χ4v) is 2.35. The highest BCUT2D eigenvalue weighted by Crippen LogP contribution is 2.03. The summed E-state index contributed by atoms with van der Waals surface area (Å²) in [7, 11) is 0. The molecule has 0 aromatic rings. The summed E-state index contributed by atoms with van der Waals surface area (Å²) in [5, 5.41) is 9.32. The van der Waals surface area contributed by atoms with Crippen LogP contribution in [-0.4, -0.2) is 75.3 Å². The van der Waals surface area contributed by atoms with Crippen LogP contribution in [0.3, 0.4) is 0 Å². The Morgan fingerprint density at radius 2 is 1.91 bits per heavy atom. The van der Waals surface area contributed by atoms with Crippen LogP contribution >= 0.6 is 0 Å². The summed E-state index contributed by atoms with van der Waals surface area (Å²) in [6.45, 7) is 12.7. The molecule has 0 saturated carbocycles. The molecule has 1 atom stereocenters. The Labute approximate surface area is 140 Å². The molecular weight excluding hydrogens is 294 g/mol. The van der Waals surface area contributed by atoms with E-state index in [0.717, 1.165) is 58.3 Å². The number of morpholine rings is 1. The van der Waals surface area contributed by atoms with Crippen LogP contribution in [0.2, 0.25) is 0 Å². The van der Waals surface area contributed by atoms with Gasteiger partial charge >= 0.3 is 0 Å². The van der Waals surface area contributed by atoms with Crippen molar-refractivity contribution in [2.75, 3.05) is 52.5 Å². The van der Waals surface area contributed by atoms with E-state index in [-0.39, 0.29) is 5.91 Å². The second kappa shape index (κ2) is 12.1. The van der Waals surface area contributed by atoms with Crippen molar-refractivity contribution in [3.05, 3.63) is 0 Å². The van der Waals surface area contributed by atoms with Crippen LogP contribution in [0.5, 0.6) is 0 Å². The number of hydrogen-bond donors (Lipinski definition) is 3. The smallest absolute Gasteiger partial charge is 0.221 e. The minimum Gasteiger partial charge on any atom is -0.379 e. The second-order valence-corrected chi connectivity index (χ2v) is 5.74. The Morgan fingerprint density at radius 1 is 1.17 bits per heavy atom. The molecule has 1 rings (SSSR count). The highest BCUT2D eigenvalue weighted by molar-refractivity contribution is 5.81. The summed E-state index contributed by atoms with van der Waals surface area (Å²) in [5.74, 6) is 0.854. The van der Waals surface area contributed by atoms with Gasteiger partial charge in [-0.2, -0.15) is 0 Å². The first-order valence-corrected chi connectivity index (χ1v) is 8.78. The zero-order valence-electron chi connectivity index (χ0n) is 14.9. The van der Waals surface area contributed by atoms with Gasteiger partial charge in [-0.25, -0.2) is 0 Å². The van der Waals surface area contributed by atoms with Crippen LogP contribution in [0.1, 0.15) is 33.6 Å². The molecule has 7 nitrogen and oxygen atoms in total. The van der Waals surface area contributed by atoms with E-state index in [2.05, 4.69) is 32.8 Å². The molecule has 0 aromatic carbocycles. The zero-order chi connectivity index (χ0) is 16.9. The first kappa shape index (κ1) is 19.7. The zero-order valence-corrected chi connectivity index (χ0v) is 14.9. The van der Waals surface area contributed by atoms with Crippen molar-refractivity contribution in [1.82, 2.24) is 20.9 Å². The van der Waals surface area contributed by atoms with Crippen LogP contribution in [0.4, 0.5) is 0 Å². The summed E-state index contributed by atoms with van der Waals surface area (Å²) in [6, 6.07) is 0.391. The number of rotatable bonds is 9. The minimum absolute atomic E-state index is 0.0804. The van der Waals surface area contributed by atoms with Gasteiger partial charge in [-0.1, -0.05) is 6.92 Å². The Hall–Kier alpha value is -1.34. The molecule has 1 aliphatic rings. The standard InChI is InChI=1S/C16H33N5O2/c1-4-7-18-15(22)6-8-19-16(17-5-2)20-13-14(3)21-9-11-23-12-10-21/h14H,4-13H2,1-3H3,(H,18,22)(H2,17,19,20). The fourth-order valence-electron chi connectivity index (χ4n) is 2.35. The first-order valence-electron chi connectivity index (χ1n) is 8.78. The molecule has 1 fully saturated rings. The van der Waals surface area contributed by atoms with Gasteiger partial charge < -0.3 is 20.7 Å². The SMILES string of the molecule is CCCNC(=O)CCNC(=NCC(C)N1CCOCC1)NCC. The number of amides is 1. The predicted molar refractivity (Wildman–Crippen MR) is 93.8 cm³/mol. The third-order valence-corrected chi connectivity index (χ3v) is 3.74. The fraction of sp³-hybridized carbons (Fsp3) is 0.875. The van der Waals surface area contributed by atoms with Crippen LogP contribution < -0.4 is 16.0 Å². The molecule has 23 heavy (non-hydrogen) atoms. The highest BCUT2D eigenvalue weighted by atomic mass is 16.5. The molecule has 7 heteroatoms. The van der Waals surface area contributed by atoms with E-state index in [4.69, 9.17) is 4.74 Å². The average molecular weight is 327 g/mol. The maximum Gasteiger partial charge on any atom is 0.221 e. The molecule has 134 valence electrons. The largest absolute Gasteiger partial charge is 0.379 e. The normalized spacial score (nSPS) is 17.6. The van der Waals surface area contributed by atoms with E-state index in [0.29, 0.717) is 19.0 Å². The molecule has 1 heterocycles. The third-order valence-electron chi connectivity index (χ3n) is 3.74. The van der Waals surface area contributed by atoms with E-state index < -0.39 is 0 Å². The molecule has 1 unspecified atom stereocenters. The van der Waals surface area contributed by atoms with Gasteiger partial charge in [0, 0.05) is 45.2 Å². The van der Waals surface area contributed by atoms with Gasteiger partial charge in [-0.15, -0.1) is 0 Å². The molecular formula is C16H33N5O2. The van der Waals surface area contributed by atoms with Crippen LogP contribution in [0.25, 0.3) is 0 Å². The van der Waals surface area contributed by atoms with Crippen LogP contribution in [-0.2, 0) is 9.53 Å². The van der Waals surface area contributed by atoms with E-state index in [9.17, 15) is 4.79 Å². The topological polar surface area (TPSA) is 78.0 Å². The van der Waals surface area contributed by atoms with Crippen molar-refractivity contribution in [2.45, 2.75) is 39.7 Å². The lowest BCUT2D eigenvalue weighted by Gasteiger charge is -2.31. The number of nitrogens with zero attached hydrogens (tertiary/aromatic N) is 2. The number of aliphatic imine (C=N–C) groups is 1. The van der Waals surface area contributed by atoms with E-state index >= 15 is 0 Å². The van der Waals surface area contributed by atoms with Gasteiger partial charge in [0.2, 0.25) is 5.91 Å². The first-order chi connectivity index (χ1) is 11.2. The average Bonchev–Trinajstić information content (AvgIpc) is 2.58. The predicted octanol–water partition coefficient (Wildman–Crippen LogP) is 0.179. The van der Waals surface area contributed by atoms with Crippen molar-refractivity contribution in [3.63, 3.8) is 0 Å². The van der Waals surface area contributed by atoms with Gasteiger partial charge in [0.05, 0.1) is 19.8 Å². The molecule has 0 aromatic heterocycles. The number of guanidine groups is 1. The van der Waals surface area contributed by atoms with Crippen molar-refractivity contribution in [3.8, 4) is 0 Å². The summed E-state index contributed by atoms with van der Waals surface area (Å²) in [5.41, 5.74) is 0. The quantitative estimate of drug-likeness (QED) is 0.416. The number of hydrogen-bond acceptors (Lipinski definition) is 4. The molecule has 0 aliphatic carbocycles. The number of nitrogens with one attached hydrogen (secondary N) is 3. The van der Waals surface area contributed by atoms with Crippen molar-refractivity contribution in [1.29, 1.82) is 0 Å². The Balaban J connectivity index is 2.32. The van der Waals surface area contributed by atoms with Crippen molar-refractivity contribution < 1.29 is 9.53 Å². The van der Waals surface area contributed by atoms with Crippen molar-refractivity contribution in [2.24, 2.45) is 4.99 Å². The second-order valence-electron chi connectivity index (χ2n) is 5.74. The minimum atomic E-state index is 0.0804. The van der Waals surface area contributed by atoms with Gasteiger partial charge in [-0.3, -0.25) is 14.7 Å². The third kappa shape index (κ3) is 8.76. The molecule has 1 amide bonds. The van der Waals surface area contributed by atoms with Gasteiger partial charge in [0.25, 0.3) is 0 Å². The number of carbonyl (C=O) groups excluding carboxylic acids is 1. The van der Waals surface area contributed by atoms with E-state index in [1.54, 1.807) is 0 Å². The lowest BCUT2D eigenvalue weighted by molar-refractivity contribution is -0.120. The molecule has 0 spiro atoms. The Kier molecular flexibility index (Phi) is 10.4. The maximum absolute atomic E-state index is 11.6. The van der Waals surface area contributed by atoms with E-state index in [1.807, 2.05) is 13.8 Å².